The molecule has 0 aliphatic heterocycles. The molecule has 0 bridgehead atoms. The number of rotatable bonds is 5. The van der Waals surface area contributed by atoms with E-state index in [0.717, 1.165) is 30.0 Å². The highest BCUT2D eigenvalue weighted by Gasteiger charge is 2.23. The number of aryl methyl sites for hydroxylation is 1. The van der Waals surface area contributed by atoms with Crippen LogP contribution in [0.25, 0.3) is 0 Å². The van der Waals surface area contributed by atoms with Crippen molar-refractivity contribution in [2.45, 2.75) is 71.8 Å². The number of nitriles is 1. The van der Waals surface area contributed by atoms with Gasteiger partial charge < -0.3 is 5.32 Å². The van der Waals surface area contributed by atoms with Crippen LogP contribution in [0.2, 0.25) is 0 Å². The molecule has 1 aliphatic rings. The summed E-state index contributed by atoms with van der Waals surface area (Å²) in [7, 11) is 0. The van der Waals surface area contributed by atoms with E-state index >= 15 is 0 Å². The number of anilines is 1. The molecule has 0 saturated heterocycles. The lowest BCUT2D eigenvalue weighted by molar-refractivity contribution is 0.327. The van der Waals surface area contributed by atoms with Crippen LogP contribution < -0.4 is 5.32 Å². The number of hydrogen-bond acceptors (Lipinski definition) is 4. The Morgan fingerprint density at radius 3 is 2.62 bits per heavy atom. The van der Waals surface area contributed by atoms with Gasteiger partial charge in [0, 0.05) is 6.04 Å². The SMILES string of the molecule is CCc1nnc(NC2CCCC(CC)C2)c(C#N)c1CC. The average molecular weight is 286 g/mol. The molecular formula is C17H26N4. The lowest BCUT2D eigenvalue weighted by Gasteiger charge is -2.29. The highest BCUT2D eigenvalue weighted by Crippen LogP contribution is 2.29. The fraction of sp³-hybridized carbons (Fsp3) is 0.706. The van der Waals surface area contributed by atoms with Gasteiger partial charge in [-0.05, 0) is 37.2 Å². The highest BCUT2D eigenvalue weighted by atomic mass is 15.2. The lowest BCUT2D eigenvalue weighted by Crippen LogP contribution is -2.28. The third kappa shape index (κ3) is 3.53. The zero-order valence-electron chi connectivity index (χ0n) is 13.4. The predicted molar refractivity (Wildman–Crippen MR) is 85.2 cm³/mol. The van der Waals surface area contributed by atoms with Gasteiger partial charge in [0.2, 0.25) is 0 Å². The smallest absolute Gasteiger partial charge is 0.167 e. The second-order valence-electron chi connectivity index (χ2n) is 5.95. The standard InChI is InChI=1S/C17H26N4/c1-4-12-8-7-9-13(10-12)19-17-15(11-18)14(5-2)16(6-3)20-21-17/h12-13H,4-10H2,1-3H3,(H,19,21). The molecule has 114 valence electrons. The molecule has 1 saturated carbocycles. The second-order valence-corrected chi connectivity index (χ2v) is 5.95. The fourth-order valence-electron chi connectivity index (χ4n) is 3.38. The summed E-state index contributed by atoms with van der Waals surface area (Å²) < 4.78 is 0. The molecule has 21 heavy (non-hydrogen) atoms. The highest BCUT2D eigenvalue weighted by molar-refractivity contribution is 5.56. The van der Waals surface area contributed by atoms with E-state index in [0.29, 0.717) is 17.4 Å². The van der Waals surface area contributed by atoms with E-state index in [9.17, 15) is 5.26 Å². The van der Waals surface area contributed by atoms with E-state index < -0.39 is 0 Å². The molecule has 0 amide bonds. The first-order valence-electron chi connectivity index (χ1n) is 8.28. The molecule has 2 atom stereocenters. The minimum atomic E-state index is 0.433. The number of nitrogens with one attached hydrogen (secondary N) is 1. The van der Waals surface area contributed by atoms with Gasteiger partial charge in [0.05, 0.1) is 5.69 Å². The van der Waals surface area contributed by atoms with Crippen LogP contribution in [0.5, 0.6) is 0 Å². The Balaban J connectivity index is 2.22. The molecule has 4 nitrogen and oxygen atoms in total. The predicted octanol–water partition coefficient (Wildman–Crippen LogP) is 3.85. The summed E-state index contributed by atoms with van der Waals surface area (Å²) in [6.07, 6.45) is 7.84. The summed E-state index contributed by atoms with van der Waals surface area (Å²) in [4.78, 5) is 0. The number of nitrogens with zero attached hydrogens (tertiary/aromatic N) is 3. The van der Waals surface area contributed by atoms with Gasteiger partial charge >= 0.3 is 0 Å². The van der Waals surface area contributed by atoms with Gasteiger partial charge in [0.25, 0.3) is 0 Å². The first-order valence-corrected chi connectivity index (χ1v) is 8.28. The van der Waals surface area contributed by atoms with Gasteiger partial charge in [-0.3, -0.25) is 0 Å². The van der Waals surface area contributed by atoms with E-state index in [1.54, 1.807) is 0 Å². The van der Waals surface area contributed by atoms with Crippen LogP contribution in [0.1, 0.15) is 69.7 Å². The molecule has 2 rings (SSSR count). The van der Waals surface area contributed by atoms with Crippen molar-refractivity contribution in [1.29, 1.82) is 5.26 Å². The van der Waals surface area contributed by atoms with Crippen LogP contribution in [-0.4, -0.2) is 16.2 Å². The zero-order chi connectivity index (χ0) is 15.2. The number of aromatic nitrogens is 2. The van der Waals surface area contributed by atoms with Crippen molar-refractivity contribution in [1.82, 2.24) is 10.2 Å². The van der Waals surface area contributed by atoms with Gasteiger partial charge in [0.15, 0.2) is 5.82 Å². The molecule has 1 aromatic rings. The Hall–Kier alpha value is -1.63. The van der Waals surface area contributed by atoms with Crippen LogP contribution >= 0.6 is 0 Å². The van der Waals surface area contributed by atoms with E-state index in [1.807, 2.05) is 0 Å². The minimum absolute atomic E-state index is 0.433. The molecule has 4 heteroatoms. The molecule has 2 unspecified atom stereocenters. The molecule has 1 N–H and O–H groups in total. The summed E-state index contributed by atoms with van der Waals surface area (Å²) in [5, 5.41) is 21.6. The minimum Gasteiger partial charge on any atom is -0.365 e. The zero-order valence-corrected chi connectivity index (χ0v) is 13.4. The van der Waals surface area contributed by atoms with Crippen molar-refractivity contribution in [2.24, 2.45) is 5.92 Å². The largest absolute Gasteiger partial charge is 0.365 e. The van der Waals surface area contributed by atoms with E-state index in [2.05, 4.69) is 42.4 Å². The normalized spacial score (nSPS) is 21.8. The van der Waals surface area contributed by atoms with Gasteiger partial charge in [-0.15, -0.1) is 5.10 Å². The maximum Gasteiger partial charge on any atom is 0.167 e. The third-order valence-electron chi connectivity index (χ3n) is 4.66. The Bertz CT molecular complexity index is 518. The van der Waals surface area contributed by atoms with Crippen LogP contribution in [0.3, 0.4) is 0 Å². The molecule has 1 aromatic heterocycles. The Morgan fingerprint density at radius 1 is 1.19 bits per heavy atom. The first-order chi connectivity index (χ1) is 10.2. The quantitative estimate of drug-likeness (QED) is 0.893. The van der Waals surface area contributed by atoms with Gasteiger partial charge in [-0.2, -0.15) is 10.4 Å². The molecule has 1 heterocycles. The van der Waals surface area contributed by atoms with E-state index in [1.165, 1.54) is 32.1 Å². The molecular weight excluding hydrogens is 260 g/mol. The van der Waals surface area contributed by atoms with E-state index in [-0.39, 0.29) is 0 Å². The average Bonchev–Trinajstić information content (AvgIpc) is 2.54. The summed E-state index contributed by atoms with van der Waals surface area (Å²) in [6, 6.07) is 2.77. The summed E-state index contributed by atoms with van der Waals surface area (Å²) in [5.41, 5.74) is 2.71. The molecule has 1 fully saturated rings. The van der Waals surface area contributed by atoms with Gasteiger partial charge in [-0.25, -0.2) is 0 Å². The van der Waals surface area contributed by atoms with Crippen molar-refractivity contribution in [2.75, 3.05) is 5.32 Å². The van der Waals surface area contributed by atoms with Gasteiger partial charge in [-0.1, -0.05) is 40.0 Å². The van der Waals surface area contributed by atoms with Crippen molar-refractivity contribution >= 4 is 5.82 Å². The van der Waals surface area contributed by atoms with Crippen LogP contribution in [0.4, 0.5) is 5.82 Å². The van der Waals surface area contributed by atoms with Crippen molar-refractivity contribution in [3.05, 3.63) is 16.8 Å². The molecule has 0 radical (unpaired) electrons. The van der Waals surface area contributed by atoms with Crippen LogP contribution in [0, 0.1) is 17.2 Å². The fourth-order valence-corrected chi connectivity index (χ4v) is 3.38. The van der Waals surface area contributed by atoms with Crippen LogP contribution in [-0.2, 0) is 12.8 Å². The van der Waals surface area contributed by atoms with Crippen molar-refractivity contribution in [3.63, 3.8) is 0 Å². The topological polar surface area (TPSA) is 61.6 Å². The summed E-state index contributed by atoms with van der Waals surface area (Å²) >= 11 is 0. The maximum atomic E-state index is 9.52. The monoisotopic (exact) mass is 286 g/mol. The Labute approximate surface area is 128 Å². The van der Waals surface area contributed by atoms with Crippen molar-refractivity contribution < 1.29 is 0 Å². The Kier molecular flexibility index (Phi) is 5.55. The second kappa shape index (κ2) is 7.40. The molecule has 1 aliphatic carbocycles. The van der Waals surface area contributed by atoms with Crippen LogP contribution in [0.15, 0.2) is 0 Å². The van der Waals surface area contributed by atoms with Crippen molar-refractivity contribution in [3.8, 4) is 6.07 Å². The summed E-state index contributed by atoms with van der Waals surface area (Å²) in [5.74, 6) is 1.49. The Morgan fingerprint density at radius 2 is 2.00 bits per heavy atom. The lowest BCUT2D eigenvalue weighted by atomic mass is 9.84. The maximum absolute atomic E-state index is 9.52. The molecule has 0 spiro atoms. The molecule has 0 aromatic carbocycles. The first kappa shape index (κ1) is 15.8. The van der Waals surface area contributed by atoms with E-state index in [4.69, 9.17) is 0 Å². The third-order valence-corrected chi connectivity index (χ3v) is 4.66. The van der Waals surface area contributed by atoms with Gasteiger partial charge in [0.1, 0.15) is 11.6 Å². The summed E-state index contributed by atoms with van der Waals surface area (Å²) in [6.45, 7) is 6.40. The number of hydrogen-bond donors (Lipinski definition) is 1.